The van der Waals surface area contributed by atoms with Gasteiger partial charge in [0.1, 0.15) is 24.7 Å². The van der Waals surface area contributed by atoms with E-state index in [1.165, 1.54) is 17.0 Å². The molecule has 0 spiro atoms. The number of ether oxygens (including phenoxy) is 2. The highest BCUT2D eigenvalue weighted by atomic mass is 32.1. The fourth-order valence-electron chi connectivity index (χ4n) is 5.10. The lowest BCUT2D eigenvalue weighted by molar-refractivity contribution is -0.135. The topological polar surface area (TPSA) is 59.1 Å². The molecule has 1 fully saturated rings. The molecular weight excluding hydrogens is 491 g/mol. The number of nitrogens with zero attached hydrogens (tertiary/aromatic N) is 2. The van der Waals surface area contributed by atoms with Gasteiger partial charge in [0.15, 0.2) is 0 Å². The molecule has 0 aliphatic carbocycles. The maximum absolute atomic E-state index is 13.8. The number of halogens is 1. The third-order valence-electron chi connectivity index (χ3n) is 7.06. The van der Waals surface area contributed by atoms with Gasteiger partial charge in [-0.05, 0) is 67.0 Å². The van der Waals surface area contributed by atoms with Gasteiger partial charge in [-0.3, -0.25) is 9.59 Å². The van der Waals surface area contributed by atoms with Gasteiger partial charge >= 0.3 is 0 Å². The maximum Gasteiger partial charge on any atom is 0.254 e. The Labute approximate surface area is 220 Å². The first-order valence-electron chi connectivity index (χ1n) is 12.7. The van der Waals surface area contributed by atoms with Gasteiger partial charge in [-0.25, -0.2) is 4.39 Å². The molecule has 1 aromatic heterocycles. The number of rotatable bonds is 8. The summed E-state index contributed by atoms with van der Waals surface area (Å²) in [5, 5.41) is 2.03. The van der Waals surface area contributed by atoms with Crippen LogP contribution in [0.4, 0.5) is 4.39 Å². The van der Waals surface area contributed by atoms with E-state index in [4.69, 9.17) is 9.47 Å². The van der Waals surface area contributed by atoms with Gasteiger partial charge < -0.3 is 19.3 Å². The van der Waals surface area contributed by atoms with Crippen LogP contribution in [0.1, 0.15) is 45.2 Å². The monoisotopic (exact) mass is 522 g/mol. The first kappa shape index (κ1) is 25.4. The van der Waals surface area contributed by atoms with Crippen molar-refractivity contribution in [3.05, 3.63) is 87.4 Å². The van der Waals surface area contributed by atoms with E-state index >= 15 is 0 Å². The average molecular weight is 523 g/mol. The average Bonchev–Trinajstić information content (AvgIpc) is 3.59. The number of carbonyl (C=O) groups is 2. The van der Waals surface area contributed by atoms with Crippen LogP contribution in [0, 0.1) is 12.7 Å². The van der Waals surface area contributed by atoms with Gasteiger partial charge in [-0.2, -0.15) is 0 Å². The van der Waals surface area contributed by atoms with Gasteiger partial charge in [-0.15, -0.1) is 11.3 Å². The zero-order chi connectivity index (χ0) is 25.8. The molecule has 8 heteroatoms. The maximum atomic E-state index is 13.8. The van der Waals surface area contributed by atoms with Gasteiger partial charge in [0.05, 0.1) is 12.1 Å². The zero-order valence-electron chi connectivity index (χ0n) is 20.9. The number of benzene rings is 2. The molecule has 0 unspecified atom stereocenters. The number of thiophene rings is 1. The third kappa shape index (κ3) is 5.86. The molecule has 3 heterocycles. The standard InChI is InChI=1S/C29H31FN2O4S/c1-20-6-2-3-10-24(20)29(34)31(17-23-9-5-14-35-23)18-28(33)32-13-11-27-25(12-15-37-27)26(32)19-36-22-8-4-7-21(30)16-22/h2-4,6-8,10,12,15-16,23,26H,5,9,11,13-14,17-19H2,1H3/t23-,26+/m1/s1. The molecule has 3 aromatic rings. The minimum atomic E-state index is -0.371. The molecule has 0 saturated carbocycles. The van der Waals surface area contributed by atoms with Crippen molar-refractivity contribution in [2.24, 2.45) is 0 Å². The lowest BCUT2D eigenvalue weighted by atomic mass is 10.00. The number of hydrogen-bond donors (Lipinski definition) is 0. The van der Waals surface area contributed by atoms with Crippen molar-refractivity contribution in [1.82, 2.24) is 9.80 Å². The number of aryl methyl sites for hydroxylation is 1. The molecular formula is C29H31FN2O4S. The van der Waals surface area contributed by atoms with Crippen LogP contribution < -0.4 is 4.74 Å². The van der Waals surface area contributed by atoms with Gasteiger partial charge in [-0.1, -0.05) is 24.3 Å². The molecule has 2 amide bonds. The fourth-order valence-corrected chi connectivity index (χ4v) is 6.03. The first-order valence-corrected chi connectivity index (χ1v) is 13.6. The molecule has 2 aromatic carbocycles. The lowest BCUT2D eigenvalue weighted by Crippen LogP contribution is -2.49. The van der Waals surface area contributed by atoms with Crippen LogP contribution in [0.3, 0.4) is 0 Å². The summed E-state index contributed by atoms with van der Waals surface area (Å²) in [7, 11) is 0. The Kier molecular flexibility index (Phi) is 7.86. The molecule has 0 radical (unpaired) electrons. The number of carbonyl (C=O) groups excluding carboxylic acids is 2. The van der Waals surface area contributed by atoms with Crippen molar-refractivity contribution in [3.63, 3.8) is 0 Å². The van der Waals surface area contributed by atoms with Gasteiger partial charge in [0, 0.05) is 36.2 Å². The Hall–Kier alpha value is -3.23. The Morgan fingerprint density at radius 2 is 2.05 bits per heavy atom. The van der Waals surface area contributed by atoms with E-state index in [2.05, 4.69) is 0 Å². The van der Waals surface area contributed by atoms with Crippen LogP contribution in [-0.4, -0.2) is 60.6 Å². The van der Waals surface area contributed by atoms with Crippen molar-refractivity contribution in [2.75, 3.05) is 32.8 Å². The van der Waals surface area contributed by atoms with Gasteiger partial charge in [0.2, 0.25) is 5.91 Å². The van der Waals surface area contributed by atoms with E-state index < -0.39 is 0 Å². The van der Waals surface area contributed by atoms with Gasteiger partial charge in [0.25, 0.3) is 5.91 Å². The molecule has 1 saturated heterocycles. The SMILES string of the molecule is Cc1ccccc1C(=O)N(CC(=O)N1CCc2sccc2[C@@H]1COc1cccc(F)c1)C[C@H]1CCCO1. The molecule has 5 rings (SSSR count). The van der Waals surface area contributed by atoms with Crippen molar-refractivity contribution in [3.8, 4) is 5.75 Å². The third-order valence-corrected chi connectivity index (χ3v) is 8.05. The molecule has 6 nitrogen and oxygen atoms in total. The normalized spacial score (nSPS) is 18.9. The molecule has 2 aliphatic rings. The first-order chi connectivity index (χ1) is 18.0. The van der Waals surface area contributed by atoms with E-state index in [-0.39, 0.29) is 42.9 Å². The van der Waals surface area contributed by atoms with Crippen LogP contribution in [0.5, 0.6) is 5.75 Å². The number of hydrogen-bond acceptors (Lipinski definition) is 5. The van der Waals surface area contributed by atoms with E-state index in [1.807, 2.05) is 41.5 Å². The molecule has 194 valence electrons. The minimum Gasteiger partial charge on any atom is -0.491 e. The summed E-state index contributed by atoms with van der Waals surface area (Å²) >= 11 is 1.67. The summed E-state index contributed by atoms with van der Waals surface area (Å²) in [6, 6.07) is 15.2. The van der Waals surface area contributed by atoms with Crippen molar-refractivity contribution in [2.45, 2.75) is 38.3 Å². The number of fused-ring (bicyclic) bond motifs is 1. The van der Waals surface area contributed by atoms with Crippen LogP contribution >= 0.6 is 11.3 Å². The quantitative estimate of drug-likeness (QED) is 0.417. The summed E-state index contributed by atoms with van der Waals surface area (Å²) in [4.78, 5) is 32.1. The van der Waals surface area contributed by atoms with Crippen LogP contribution in [0.2, 0.25) is 0 Å². The lowest BCUT2D eigenvalue weighted by Gasteiger charge is -2.37. The fraction of sp³-hybridized carbons (Fsp3) is 0.379. The summed E-state index contributed by atoms with van der Waals surface area (Å²) in [6.07, 6.45) is 2.51. The highest BCUT2D eigenvalue weighted by Gasteiger charge is 2.34. The molecule has 37 heavy (non-hydrogen) atoms. The Morgan fingerprint density at radius 1 is 1.19 bits per heavy atom. The molecule has 2 atom stereocenters. The predicted molar refractivity (Wildman–Crippen MR) is 140 cm³/mol. The second-order valence-corrected chi connectivity index (χ2v) is 10.6. The van der Waals surface area contributed by atoms with Crippen LogP contribution in [0.25, 0.3) is 0 Å². The summed E-state index contributed by atoms with van der Waals surface area (Å²) < 4.78 is 25.5. The minimum absolute atomic E-state index is 0.0387. The summed E-state index contributed by atoms with van der Waals surface area (Å²) in [5.74, 6) is -0.248. The predicted octanol–water partition coefficient (Wildman–Crippen LogP) is 5.02. The highest BCUT2D eigenvalue weighted by Crippen LogP contribution is 2.34. The van der Waals surface area contributed by atoms with E-state index in [1.54, 1.807) is 34.4 Å². The second kappa shape index (κ2) is 11.4. The summed E-state index contributed by atoms with van der Waals surface area (Å²) in [6.45, 7) is 3.66. The second-order valence-electron chi connectivity index (χ2n) is 9.56. The molecule has 0 bridgehead atoms. The van der Waals surface area contributed by atoms with Crippen molar-refractivity contribution >= 4 is 23.2 Å². The number of amides is 2. The van der Waals surface area contributed by atoms with Crippen LogP contribution in [-0.2, 0) is 16.0 Å². The Morgan fingerprint density at radius 3 is 2.84 bits per heavy atom. The summed E-state index contributed by atoms with van der Waals surface area (Å²) in [5.41, 5.74) is 2.52. The van der Waals surface area contributed by atoms with E-state index in [0.29, 0.717) is 31.0 Å². The highest BCUT2D eigenvalue weighted by molar-refractivity contribution is 7.10. The van der Waals surface area contributed by atoms with E-state index in [0.717, 1.165) is 30.4 Å². The smallest absolute Gasteiger partial charge is 0.254 e. The van der Waals surface area contributed by atoms with Crippen molar-refractivity contribution < 1.29 is 23.5 Å². The van der Waals surface area contributed by atoms with Crippen molar-refractivity contribution in [1.29, 1.82) is 0 Å². The molecule has 2 aliphatic heterocycles. The Balaban J connectivity index is 1.36. The zero-order valence-corrected chi connectivity index (χ0v) is 21.7. The van der Waals surface area contributed by atoms with Crippen LogP contribution in [0.15, 0.2) is 60.0 Å². The van der Waals surface area contributed by atoms with E-state index in [9.17, 15) is 14.0 Å². The Bertz CT molecular complexity index is 1260. The largest absolute Gasteiger partial charge is 0.491 e. The molecule has 0 N–H and O–H groups in total.